The molecule has 2 aromatic heterocycles. The first kappa shape index (κ1) is 25.3. The number of aromatic nitrogens is 2. The number of aryl methyl sites for hydroxylation is 1. The summed E-state index contributed by atoms with van der Waals surface area (Å²) >= 11 is 0. The van der Waals surface area contributed by atoms with Crippen molar-refractivity contribution < 1.29 is 14.0 Å². The molecule has 36 heavy (non-hydrogen) atoms. The summed E-state index contributed by atoms with van der Waals surface area (Å²) in [7, 11) is 1.18. The number of ether oxygens (including phenoxy) is 1. The average molecular weight is 495 g/mol. The molecule has 0 saturated carbocycles. The first-order chi connectivity index (χ1) is 16.9. The molecule has 3 fully saturated rings. The van der Waals surface area contributed by atoms with Crippen LogP contribution in [0.2, 0.25) is 0 Å². The number of anilines is 3. The number of nitrogens with one attached hydrogen (secondary N) is 1. The summed E-state index contributed by atoms with van der Waals surface area (Å²) in [5.41, 5.74) is 1.25. The molecule has 0 radical (unpaired) electrons. The summed E-state index contributed by atoms with van der Waals surface area (Å²) in [6.45, 7) is 16.3. The highest BCUT2D eigenvalue weighted by molar-refractivity contribution is 6.62. The molecule has 0 bridgehead atoms. The van der Waals surface area contributed by atoms with Crippen molar-refractivity contribution in [2.24, 2.45) is 7.05 Å². The minimum absolute atomic E-state index is 0.139. The lowest BCUT2D eigenvalue weighted by molar-refractivity contribution is -0.0726. The van der Waals surface area contributed by atoms with Crippen molar-refractivity contribution >= 4 is 29.8 Å². The molecular weight excluding hydrogens is 457 g/mol. The molecule has 1 N–H and O–H groups in total. The van der Waals surface area contributed by atoms with Crippen LogP contribution >= 0.6 is 0 Å². The fraction of sp³-hybridized carbons (Fsp3) is 0.615. The highest BCUT2D eigenvalue weighted by Crippen LogP contribution is 2.36. The zero-order chi connectivity index (χ0) is 25.8. The molecule has 10 heteroatoms. The topological polar surface area (TPSA) is 81.1 Å². The molecule has 0 aromatic carbocycles. The predicted molar refractivity (Wildman–Crippen MR) is 143 cm³/mol. The molecule has 2 atom stereocenters. The first-order valence-corrected chi connectivity index (χ1v) is 12.8. The Morgan fingerprint density at radius 3 is 2.22 bits per heavy atom. The van der Waals surface area contributed by atoms with Gasteiger partial charge in [0.05, 0.1) is 42.3 Å². The number of piperazine rings is 1. The van der Waals surface area contributed by atoms with E-state index in [2.05, 4.69) is 40.0 Å². The van der Waals surface area contributed by atoms with Gasteiger partial charge in [-0.25, -0.2) is 4.98 Å². The van der Waals surface area contributed by atoms with E-state index in [1.54, 1.807) is 23.9 Å². The molecule has 194 valence electrons. The zero-order valence-electron chi connectivity index (χ0n) is 22.4. The average Bonchev–Trinajstić information content (AvgIpc) is 2.97. The lowest BCUT2D eigenvalue weighted by Gasteiger charge is -2.49. The third-order valence-electron chi connectivity index (χ3n) is 8.12. The van der Waals surface area contributed by atoms with E-state index in [0.717, 1.165) is 37.5 Å². The van der Waals surface area contributed by atoms with Crippen LogP contribution in [0.3, 0.4) is 0 Å². The van der Waals surface area contributed by atoms with E-state index in [-0.39, 0.29) is 5.56 Å². The molecule has 3 saturated heterocycles. The summed E-state index contributed by atoms with van der Waals surface area (Å²) in [6.07, 6.45) is 3.66. The van der Waals surface area contributed by atoms with Crippen LogP contribution in [0.1, 0.15) is 41.5 Å². The highest BCUT2D eigenvalue weighted by atomic mass is 16.7. The second-order valence-electron chi connectivity index (χ2n) is 11.5. The Balaban J connectivity index is 1.32. The Morgan fingerprint density at radius 1 is 1.06 bits per heavy atom. The van der Waals surface area contributed by atoms with Crippen LogP contribution in [0, 0.1) is 0 Å². The van der Waals surface area contributed by atoms with E-state index in [4.69, 9.17) is 14.0 Å². The van der Waals surface area contributed by atoms with Crippen molar-refractivity contribution in [3.8, 4) is 0 Å². The lowest BCUT2D eigenvalue weighted by Crippen LogP contribution is -2.62. The standard InChI is InChI=1S/C26H38BN5O4/c1-17-12-31(21-15-34-16-21)13-18(2)32(17)20-8-9-23(28-11-20)29-22-10-19(14-30(7)24(22)33)27-35-25(3,4)26(5,6)36-27/h8-11,14,17-18,21H,12-13,15-16H2,1-7H3,(H,28,29)/t17-,18-/m0/s1. The van der Waals surface area contributed by atoms with Gasteiger partial charge in [0.2, 0.25) is 0 Å². The molecule has 2 aromatic rings. The van der Waals surface area contributed by atoms with E-state index in [1.165, 1.54) is 0 Å². The van der Waals surface area contributed by atoms with Crippen molar-refractivity contribution in [1.29, 1.82) is 0 Å². The predicted octanol–water partition coefficient (Wildman–Crippen LogP) is 2.12. The lowest BCUT2D eigenvalue weighted by atomic mass is 9.80. The third kappa shape index (κ3) is 4.56. The Bertz CT molecular complexity index is 1140. The number of rotatable bonds is 5. The van der Waals surface area contributed by atoms with Gasteiger partial charge >= 0.3 is 7.12 Å². The fourth-order valence-corrected chi connectivity index (χ4v) is 5.29. The fourth-order valence-electron chi connectivity index (χ4n) is 5.29. The Kier molecular flexibility index (Phi) is 6.43. The molecule has 0 spiro atoms. The number of hydrogen-bond acceptors (Lipinski definition) is 8. The van der Waals surface area contributed by atoms with Gasteiger partial charge in [0.1, 0.15) is 11.5 Å². The smallest absolute Gasteiger partial charge is 0.399 e. The van der Waals surface area contributed by atoms with E-state index < -0.39 is 18.3 Å². The molecule has 3 aliphatic rings. The van der Waals surface area contributed by atoms with Crippen molar-refractivity contribution in [1.82, 2.24) is 14.5 Å². The maximum Gasteiger partial charge on any atom is 0.496 e. The molecule has 5 rings (SSSR count). The minimum Gasteiger partial charge on any atom is -0.399 e. The summed E-state index contributed by atoms with van der Waals surface area (Å²) in [4.78, 5) is 22.5. The van der Waals surface area contributed by atoms with Gasteiger partial charge in [-0.3, -0.25) is 9.69 Å². The molecular formula is C26H38BN5O4. The van der Waals surface area contributed by atoms with Gasteiger partial charge in [-0.05, 0) is 59.7 Å². The summed E-state index contributed by atoms with van der Waals surface area (Å²) < 4.78 is 19.3. The van der Waals surface area contributed by atoms with Gasteiger partial charge in [0.15, 0.2) is 0 Å². The Morgan fingerprint density at radius 2 is 1.69 bits per heavy atom. The first-order valence-electron chi connectivity index (χ1n) is 12.8. The molecule has 9 nitrogen and oxygen atoms in total. The van der Waals surface area contributed by atoms with Crippen LogP contribution in [0.15, 0.2) is 35.4 Å². The van der Waals surface area contributed by atoms with Gasteiger partial charge in [-0.1, -0.05) is 0 Å². The van der Waals surface area contributed by atoms with Gasteiger partial charge in [-0.2, -0.15) is 0 Å². The van der Waals surface area contributed by atoms with Gasteiger partial charge in [0.25, 0.3) is 5.56 Å². The maximum atomic E-state index is 12.9. The van der Waals surface area contributed by atoms with Gasteiger partial charge < -0.3 is 28.8 Å². The molecule has 0 unspecified atom stereocenters. The zero-order valence-corrected chi connectivity index (χ0v) is 22.4. The minimum atomic E-state index is -0.550. The SMILES string of the molecule is C[C@H]1CN(C2COC2)C[C@H](C)N1c1ccc(Nc2cc(B3OC(C)(C)C(C)(C)O3)cn(C)c2=O)nc1. The van der Waals surface area contributed by atoms with Crippen LogP contribution in [0.25, 0.3) is 0 Å². The normalized spacial score (nSPS) is 26.2. The quantitative estimate of drug-likeness (QED) is 0.633. The van der Waals surface area contributed by atoms with Crippen molar-refractivity contribution in [3.63, 3.8) is 0 Å². The van der Waals surface area contributed by atoms with Gasteiger partial charge in [-0.15, -0.1) is 0 Å². The summed E-state index contributed by atoms with van der Waals surface area (Å²) in [5, 5.41) is 3.21. The van der Waals surface area contributed by atoms with Crippen molar-refractivity contribution in [2.45, 2.75) is 70.9 Å². The molecule has 5 heterocycles. The second-order valence-corrected chi connectivity index (χ2v) is 11.5. The number of nitrogens with zero attached hydrogens (tertiary/aromatic N) is 4. The molecule has 0 amide bonds. The second kappa shape index (κ2) is 9.17. The monoisotopic (exact) mass is 495 g/mol. The van der Waals surface area contributed by atoms with E-state index >= 15 is 0 Å². The van der Waals surface area contributed by atoms with E-state index in [0.29, 0.717) is 29.6 Å². The maximum absolute atomic E-state index is 12.9. The number of pyridine rings is 2. The van der Waals surface area contributed by atoms with Crippen molar-refractivity contribution in [3.05, 3.63) is 40.9 Å². The molecule has 3 aliphatic heterocycles. The largest absolute Gasteiger partial charge is 0.496 e. The van der Waals surface area contributed by atoms with Crippen LogP contribution in [0.4, 0.5) is 17.2 Å². The highest BCUT2D eigenvalue weighted by Gasteiger charge is 2.52. The Hall–Kier alpha value is -2.40. The Labute approximate surface area is 213 Å². The summed E-state index contributed by atoms with van der Waals surface area (Å²) in [5.74, 6) is 0.618. The van der Waals surface area contributed by atoms with Crippen LogP contribution in [0.5, 0.6) is 0 Å². The van der Waals surface area contributed by atoms with Crippen LogP contribution in [-0.2, 0) is 21.1 Å². The third-order valence-corrected chi connectivity index (χ3v) is 8.12. The number of hydrogen-bond donors (Lipinski definition) is 1. The van der Waals surface area contributed by atoms with Gasteiger partial charge in [0, 0.05) is 43.9 Å². The van der Waals surface area contributed by atoms with Crippen LogP contribution in [-0.4, -0.2) is 77.2 Å². The van der Waals surface area contributed by atoms with Crippen LogP contribution < -0.4 is 21.2 Å². The van der Waals surface area contributed by atoms with E-state index in [1.807, 2.05) is 40.0 Å². The summed E-state index contributed by atoms with van der Waals surface area (Å²) in [6, 6.07) is 7.11. The molecule has 0 aliphatic carbocycles. The van der Waals surface area contributed by atoms with E-state index in [9.17, 15) is 4.79 Å². The van der Waals surface area contributed by atoms with Crippen molar-refractivity contribution in [2.75, 3.05) is 36.5 Å².